The number of rotatable bonds is 4. The molecule has 1 aromatic carbocycles. The number of carbonyl (C=O) groups excluding carboxylic acids is 1. The smallest absolute Gasteiger partial charge is 0.227 e. The normalized spacial score (nSPS) is 30.4. The van der Waals surface area contributed by atoms with Crippen LogP contribution in [0, 0.1) is 5.92 Å². The zero-order valence-electron chi connectivity index (χ0n) is 13.7. The molecule has 0 aliphatic carbocycles. The lowest BCUT2D eigenvalue weighted by Gasteiger charge is -2.44. The van der Waals surface area contributed by atoms with Crippen molar-refractivity contribution in [3.63, 3.8) is 0 Å². The van der Waals surface area contributed by atoms with E-state index in [1.165, 1.54) is 5.56 Å². The average Bonchev–Trinajstić information content (AvgIpc) is 2.80. The third-order valence-electron chi connectivity index (χ3n) is 5.43. The summed E-state index contributed by atoms with van der Waals surface area (Å²) in [6.45, 7) is 0.0986. The Morgan fingerprint density at radius 2 is 2.00 bits per heavy atom. The van der Waals surface area contributed by atoms with Crippen molar-refractivity contribution >= 4 is 17.5 Å². The van der Waals surface area contributed by atoms with Crippen LogP contribution in [0.25, 0.3) is 0 Å². The van der Waals surface area contributed by atoms with E-state index in [4.69, 9.17) is 11.6 Å². The van der Waals surface area contributed by atoms with Gasteiger partial charge in [0.25, 0.3) is 0 Å². The van der Waals surface area contributed by atoms with Gasteiger partial charge in [0.2, 0.25) is 5.91 Å². The molecule has 3 nitrogen and oxygen atoms in total. The largest absolute Gasteiger partial charge is 0.349 e. The van der Waals surface area contributed by atoms with Crippen molar-refractivity contribution in [1.29, 1.82) is 0 Å². The molecule has 4 atom stereocenters. The molecule has 23 heavy (non-hydrogen) atoms. The second-order valence-corrected chi connectivity index (χ2v) is 7.31. The molecule has 3 rings (SSSR count). The SMILES string of the molecule is CN(C)C(=O)[C@H]1[C@@H](c2ccc(Cl)cc2)C[C@@H]2CC[C@H]1N2CCF. The van der Waals surface area contributed by atoms with Crippen LogP contribution < -0.4 is 0 Å². The number of benzene rings is 1. The fraction of sp³-hybridized carbons (Fsp3) is 0.611. The molecule has 126 valence electrons. The number of hydrogen-bond donors (Lipinski definition) is 0. The Hall–Kier alpha value is -1.13. The minimum absolute atomic E-state index is 0.100. The molecule has 2 aliphatic heterocycles. The Labute approximate surface area is 142 Å². The molecule has 2 heterocycles. The monoisotopic (exact) mass is 338 g/mol. The number of fused-ring (bicyclic) bond motifs is 2. The van der Waals surface area contributed by atoms with Gasteiger partial charge in [0.05, 0.1) is 5.92 Å². The molecule has 0 aromatic heterocycles. The Morgan fingerprint density at radius 1 is 1.30 bits per heavy atom. The van der Waals surface area contributed by atoms with Crippen LogP contribution in [0.3, 0.4) is 0 Å². The lowest BCUT2D eigenvalue weighted by Crippen LogP contribution is -2.53. The number of alkyl halides is 1. The van der Waals surface area contributed by atoms with E-state index in [0.29, 0.717) is 17.6 Å². The van der Waals surface area contributed by atoms with E-state index < -0.39 is 0 Å². The van der Waals surface area contributed by atoms with E-state index in [1.807, 2.05) is 38.4 Å². The Morgan fingerprint density at radius 3 is 2.61 bits per heavy atom. The fourth-order valence-corrected chi connectivity index (χ4v) is 4.57. The molecule has 0 spiro atoms. The van der Waals surface area contributed by atoms with Gasteiger partial charge in [-0.1, -0.05) is 23.7 Å². The number of amides is 1. The third kappa shape index (κ3) is 3.11. The molecule has 0 unspecified atom stereocenters. The van der Waals surface area contributed by atoms with Crippen LogP contribution in [0.15, 0.2) is 24.3 Å². The summed E-state index contributed by atoms with van der Waals surface area (Å²) in [6.07, 6.45) is 2.97. The van der Waals surface area contributed by atoms with Crippen molar-refractivity contribution in [3.05, 3.63) is 34.9 Å². The minimum Gasteiger partial charge on any atom is -0.349 e. The van der Waals surface area contributed by atoms with E-state index in [-0.39, 0.29) is 30.5 Å². The molecule has 0 radical (unpaired) electrons. The molecule has 2 fully saturated rings. The molecule has 0 N–H and O–H groups in total. The lowest BCUT2D eigenvalue weighted by molar-refractivity contribution is -0.138. The number of carbonyl (C=O) groups is 1. The van der Waals surface area contributed by atoms with E-state index >= 15 is 0 Å². The van der Waals surface area contributed by atoms with Gasteiger partial charge in [-0.15, -0.1) is 0 Å². The highest BCUT2D eigenvalue weighted by Crippen LogP contribution is 2.47. The average molecular weight is 339 g/mol. The van der Waals surface area contributed by atoms with Crippen LogP contribution >= 0.6 is 11.6 Å². The van der Waals surface area contributed by atoms with Gasteiger partial charge < -0.3 is 4.90 Å². The first-order valence-corrected chi connectivity index (χ1v) is 8.69. The molecule has 1 amide bonds. The van der Waals surface area contributed by atoms with Crippen molar-refractivity contribution in [3.8, 4) is 0 Å². The Bertz CT molecular complexity index is 563. The van der Waals surface area contributed by atoms with Gasteiger partial charge in [0.15, 0.2) is 0 Å². The zero-order valence-corrected chi connectivity index (χ0v) is 14.5. The molecule has 2 bridgehead atoms. The van der Waals surface area contributed by atoms with E-state index in [0.717, 1.165) is 19.3 Å². The molecular weight excluding hydrogens is 315 g/mol. The van der Waals surface area contributed by atoms with Crippen molar-refractivity contribution in [2.45, 2.75) is 37.3 Å². The number of nitrogens with zero attached hydrogens (tertiary/aromatic N) is 2. The molecule has 0 saturated carbocycles. The predicted molar refractivity (Wildman–Crippen MR) is 90.5 cm³/mol. The summed E-state index contributed by atoms with van der Waals surface area (Å²) in [4.78, 5) is 16.8. The van der Waals surface area contributed by atoms with Crippen molar-refractivity contribution in [1.82, 2.24) is 9.80 Å². The predicted octanol–water partition coefficient (Wildman–Crippen LogP) is 3.33. The number of piperidine rings is 1. The van der Waals surface area contributed by atoms with Crippen LogP contribution in [0.5, 0.6) is 0 Å². The highest BCUT2D eigenvalue weighted by Gasteiger charge is 2.50. The Balaban J connectivity index is 1.95. The summed E-state index contributed by atoms with van der Waals surface area (Å²) in [7, 11) is 3.61. The Kier molecular flexibility index (Phi) is 4.93. The fourth-order valence-electron chi connectivity index (χ4n) is 4.45. The maximum absolute atomic E-state index is 13.0. The minimum atomic E-state index is -0.346. The van der Waals surface area contributed by atoms with E-state index in [2.05, 4.69) is 4.90 Å². The first kappa shape index (κ1) is 16.7. The van der Waals surface area contributed by atoms with Gasteiger partial charge in [-0.25, -0.2) is 4.39 Å². The number of halogens is 2. The van der Waals surface area contributed by atoms with Gasteiger partial charge in [-0.3, -0.25) is 9.69 Å². The molecule has 2 saturated heterocycles. The van der Waals surface area contributed by atoms with Gasteiger partial charge in [-0.2, -0.15) is 0 Å². The highest BCUT2D eigenvalue weighted by molar-refractivity contribution is 6.30. The molecule has 5 heteroatoms. The van der Waals surface area contributed by atoms with Crippen LogP contribution in [0.2, 0.25) is 5.02 Å². The van der Waals surface area contributed by atoms with Crippen LogP contribution in [-0.4, -0.2) is 55.1 Å². The van der Waals surface area contributed by atoms with Gasteiger partial charge >= 0.3 is 0 Å². The summed E-state index contributed by atoms with van der Waals surface area (Å²) in [6, 6.07) is 8.40. The maximum Gasteiger partial charge on any atom is 0.227 e. The summed E-state index contributed by atoms with van der Waals surface area (Å²) in [5.41, 5.74) is 1.17. The van der Waals surface area contributed by atoms with E-state index in [1.54, 1.807) is 4.90 Å². The van der Waals surface area contributed by atoms with E-state index in [9.17, 15) is 9.18 Å². The highest BCUT2D eigenvalue weighted by atomic mass is 35.5. The second-order valence-electron chi connectivity index (χ2n) is 6.88. The summed E-state index contributed by atoms with van der Waals surface area (Å²) in [5.74, 6) is 0.242. The van der Waals surface area contributed by atoms with Gasteiger partial charge in [0.1, 0.15) is 6.67 Å². The van der Waals surface area contributed by atoms with Crippen molar-refractivity contribution < 1.29 is 9.18 Å². The second kappa shape index (κ2) is 6.78. The summed E-state index contributed by atoms with van der Waals surface area (Å²) in [5, 5.41) is 0.710. The zero-order chi connectivity index (χ0) is 16.6. The van der Waals surface area contributed by atoms with Gasteiger partial charge in [0, 0.05) is 37.7 Å². The first-order chi connectivity index (χ1) is 11.0. The van der Waals surface area contributed by atoms with Crippen LogP contribution in [0.1, 0.15) is 30.7 Å². The topological polar surface area (TPSA) is 23.6 Å². The molecule has 2 aliphatic rings. The lowest BCUT2D eigenvalue weighted by atomic mass is 9.75. The third-order valence-corrected chi connectivity index (χ3v) is 5.68. The quantitative estimate of drug-likeness (QED) is 0.840. The summed E-state index contributed by atoms with van der Waals surface area (Å²) >= 11 is 6.01. The standard InChI is InChI=1S/C18H24ClFN2O/c1-21(2)18(23)17-15(12-3-5-13(19)6-4-12)11-14-7-8-16(17)22(14)10-9-20/h3-6,14-17H,7-11H2,1-2H3/t14-,15+,16+,17-/m0/s1. The molecule has 1 aromatic rings. The van der Waals surface area contributed by atoms with Crippen LogP contribution in [0.4, 0.5) is 4.39 Å². The van der Waals surface area contributed by atoms with Crippen LogP contribution in [-0.2, 0) is 4.79 Å². The summed E-state index contributed by atoms with van der Waals surface area (Å²) < 4.78 is 13.0. The molecular formula is C18H24ClFN2O. The van der Waals surface area contributed by atoms with Gasteiger partial charge in [-0.05, 0) is 42.9 Å². The maximum atomic E-state index is 13.0. The van der Waals surface area contributed by atoms with Crippen molar-refractivity contribution in [2.24, 2.45) is 5.92 Å². The van der Waals surface area contributed by atoms with Crippen molar-refractivity contribution in [2.75, 3.05) is 27.3 Å². The first-order valence-electron chi connectivity index (χ1n) is 8.31. The number of hydrogen-bond acceptors (Lipinski definition) is 2.